The predicted octanol–water partition coefficient (Wildman–Crippen LogP) is 4.65. The zero-order valence-corrected chi connectivity index (χ0v) is 44.9. The van der Waals surface area contributed by atoms with Gasteiger partial charge in [0.2, 0.25) is 0 Å². The van der Waals surface area contributed by atoms with Crippen LogP contribution < -0.4 is 15.0 Å². The number of carbonyl (C=O) groups excluding carboxylic acids is 3. The van der Waals surface area contributed by atoms with E-state index < -0.39 is 81.0 Å². The van der Waals surface area contributed by atoms with Gasteiger partial charge in [0.15, 0.2) is 5.60 Å². The topological polar surface area (TPSA) is 210 Å². The maximum Gasteiger partial charge on any atom is 0.413 e. The van der Waals surface area contributed by atoms with Gasteiger partial charge in [-0.1, -0.05) is 56.4 Å². The van der Waals surface area contributed by atoms with E-state index in [9.17, 15) is 25.2 Å². The van der Waals surface area contributed by atoms with Gasteiger partial charge in [0.1, 0.15) is 28.6 Å². The van der Waals surface area contributed by atoms with Crippen LogP contribution in [0.1, 0.15) is 103 Å². The van der Waals surface area contributed by atoms with E-state index in [1.54, 1.807) is 47.8 Å². The Labute approximate surface area is 434 Å². The molecule has 0 radical (unpaired) electrons. The van der Waals surface area contributed by atoms with Gasteiger partial charge in [-0.3, -0.25) is 24.3 Å². The van der Waals surface area contributed by atoms with E-state index in [4.69, 9.17) is 18.9 Å². The Morgan fingerprint density at radius 3 is 2.49 bits per heavy atom. The highest BCUT2D eigenvalue weighted by Gasteiger charge is 2.78. The minimum absolute atomic E-state index is 0.0507. The zero-order chi connectivity index (χ0) is 53.1. The number of fused-ring (bicyclic) bond motifs is 6. The number of nitrogens with one attached hydrogen (secondary N) is 2. The molecule has 1 aromatic heterocycles. The van der Waals surface area contributed by atoms with E-state index in [1.807, 2.05) is 62.2 Å². The molecule has 7 aliphatic rings. The Balaban J connectivity index is 1.09. The average Bonchev–Trinajstić information content (AvgIpc) is 4.11. The van der Waals surface area contributed by atoms with Crippen LogP contribution in [0.3, 0.4) is 0 Å². The molecule has 12 atom stereocenters. The van der Waals surface area contributed by atoms with Crippen LogP contribution in [0.5, 0.6) is 5.75 Å². The number of nitrogens with zero attached hydrogens (tertiary/aromatic N) is 4. The molecule has 7 heterocycles. The molecular formula is C57H78N6O11. The van der Waals surface area contributed by atoms with Crippen LogP contribution >= 0.6 is 0 Å². The zero-order valence-electron chi connectivity index (χ0n) is 44.9. The number of esters is 1. The number of piperidine rings is 1. The van der Waals surface area contributed by atoms with Gasteiger partial charge in [-0.2, -0.15) is 0 Å². The van der Waals surface area contributed by atoms with Crippen LogP contribution in [-0.4, -0.2) is 178 Å². The van der Waals surface area contributed by atoms with Gasteiger partial charge < -0.3 is 54.6 Å². The number of methoxy groups -OCH3 is 2. The van der Waals surface area contributed by atoms with Crippen LogP contribution in [-0.2, 0) is 41.1 Å². The number of H-pyrrole nitrogens is 1. The van der Waals surface area contributed by atoms with E-state index in [0.717, 1.165) is 27.7 Å². The van der Waals surface area contributed by atoms with Crippen LogP contribution in [0.15, 0.2) is 60.7 Å². The number of aromatic amines is 1. The molecule has 3 unspecified atom stereocenters. The summed E-state index contributed by atoms with van der Waals surface area (Å²) >= 11 is 0. The number of rotatable bonds is 10. The molecule has 17 heteroatoms. The number of amides is 2. The number of aliphatic hydroxyl groups is 4. The summed E-state index contributed by atoms with van der Waals surface area (Å²) in [7, 11) is 4.87. The smallest absolute Gasteiger partial charge is 0.413 e. The van der Waals surface area contributed by atoms with Gasteiger partial charge in [-0.05, 0) is 109 Å². The van der Waals surface area contributed by atoms with Gasteiger partial charge in [-0.15, -0.1) is 0 Å². The molecule has 402 valence electrons. The maximum absolute atomic E-state index is 15.5. The summed E-state index contributed by atoms with van der Waals surface area (Å²) in [4.78, 5) is 56.0. The molecule has 6 aliphatic heterocycles. The van der Waals surface area contributed by atoms with E-state index in [2.05, 4.69) is 32.2 Å². The minimum atomic E-state index is -2.41. The van der Waals surface area contributed by atoms with Crippen molar-refractivity contribution in [3.05, 3.63) is 83.1 Å². The molecule has 3 aromatic rings. The second-order valence-electron chi connectivity index (χ2n) is 23.9. The molecule has 2 amide bonds. The highest BCUT2D eigenvalue weighted by Crippen LogP contribution is 2.67. The fourth-order valence-corrected chi connectivity index (χ4v) is 15.4. The van der Waals surface area contributed by atoms with Gasteiger partial charge in [-0.25, -0.2) is 4.79 Å². The quantitative estimate of drug-likeness (QED) is 0.121. The van der Waals surface area contributed by atoms with Crippen LogP contribution in [0, 0.1) is 11.3 Å². The lowest BCUT2D eigenvalue weighted by atomic mass is 9.47. The number of aromatic nitrogens is 1. The van der Waals surface area contributed by atoms with Crippen molar-refractivity contribution >= 4 is 34.6 Å². The second kappa shape index (κ2) is 18.3. The third-order valence-electron chi connectivity index (χ3n) is 18.4. The first kappa shape index (κ1) is 52.4. The Kier molecular flexibility index (Phi) is 13.0. The molecule has 1 spiro atoms. The van der Waals surface area contributed by atoms with E-state index >= 15 is 9.59 Å². The fourth-order valence-electron chi connectivity index (χ4n) is 15.4. The van der Waals surface area contributed by atoms with Crippen molar-refractivity contribution in [2.75, 3.05) is 72.0 Å². The summed E-state index contributed by atoms with van der Waals surface area (Å²) in [5.74, 6) is -0.947. The molecule has 10 rings (SSSR count). The summed E-state index contributed by atoms with van der Waals surface area (Å²) in [5, 5.41) is 54.2. The monoisotopic (exact) mass is 1020 g/mol. The second-order valence-corrected chi connectivity index (χ2v) is 23.9. The molecular weight excluding hydrogens is 945 g/mol. The Hall–Kier alpha value is -5.01. The SMILES string of the molecule is CC[C@]1(O)CC2CN(CCc3c([nH]c4ccccc34)[C@@](C(=O)OC)(c3cc4c(cc3OC)N(C)[C@@H]3C45CCN4CC=C[C@](CC)([C@H]45)[C@@H](O)[C@]3(O)C(=O)NC/C=C/[C@@H](O)[C@@H]3COC(C)(C)N3C(=O)OC(C)(C)C)C2)C1. The van der Waals surface area contributed by atoms with E-state index in [-0.39, 0.29) is 25.1 Å². The lowest BCUT2D eigenvalue weighted by Gasteiger charge is -2.63. The Morgan fingerprint density at radius 2 is 1.78 bits per heavy atom. The number of para-hydroxylation sites is 1. The molecule has 74 heavy (non-hydrogen) atoms. The number of ether oxygens (including phenoxy) is 4. The molecule has 17 nitrogen and oxygen atoms in total. The predicted molar refractivity (Wildman–Crippen MR) is 279 cm³/mol. The van der Waals surface area contributed by atoms with Crippen LogP contribution in [0.25, 0.3) is 10.9 Å². The molecule has 2 bridgehead atoms. The van der Waals surface area contributed by atoms with Crippen molar-refractivity contribution in [1.29, 1.82) is 0 Å². The molecule has 2 aromatic carbocycles. The fraction of sp³-hybridized carbons (Fsp3) is 0.632. The average molecular weight is 1020 g/mol. The Bertz CT molecular complexity index is 2770. The van der Waals surface area contributed by atoms with Crippen molar-refractivity contribution < 1.29 is 53.8 Å². The first-order valence-corrected chi connectivity index (χ1v) is 26.7. The highest BCUT2D eigenvalue weighted by atomic mass is 16.6. The number of likely N-dealkylation sites (N-methyl/N-ethyl adjacent to an activating group) is 1. The molecule has 6 N–H and O–H groups in total. The van der Waals surface area contributed by atoms with Crippen molar-refractivity contribution in [1.82, 2.24) is 25.0 Å². The highest BCUT2D eigenvalue weighted by molar-refractivity contribution is 5.95. The van der Waals surface area contributed by atoms with Crippen LogP contribution in [0.2, 0.25) is 0 Å². The third kappa shape index (κ3) is 7.67. The summed E-state index contributed by atoms with van der Waals surface area (Å²) in [6.07, 6.45) is 6.62. The minimum Gasteiger partial charge on any atom is -0.496 e. The summed E-state index contributed by atoms with van der Waals surface area (Å²) in [5.41, 5.74) is -3.98. The van der Waals surface area contributed by atoms with Gasteiger partial charge >= 0.3 is 12.1 Å². The number of carbonyl (C=O) groups is 3. The van der Waals surface area contributed by atoms with E-state index in [0.29, 0.717) is 88.2 Å². The summed E-state index contributed by atoms with van der Waals surface area (Å²) in [6.45, 7) is 15.9. The number of aliphatic hydroxyl groups excluding tert-OH is 2. The molecule has 3 saturated heterocycles. The molecule has 4 fully saturated rings. The van der Waals surface area contributed by atoms with E-state index in [1.165, 1.54) is 18.1 Å². The van der Waals surface area contributed by atoms with Gasteiger partial charge in [0, 0.05) is 90.6 Å². The van der Waals surface area contributed by atoms with Gasteiger partial charge in [0.05, 0.1) is 44.6 Å². The number of hydrogen-bond donors (Lipinski definition) is 6. The number of anilines is 1. The maximum atomic E-state index is 15.5. The van der Waals surface area contributed by atoms with Crippen molar-refractivity contribution in [2.24, 2.45) is 11.3 Å². The molecule has 1 saturated carbocycles. The first-order chi connectivity index (χ1) is 35.0. The lowest BCUT2D eigenvalue weighted by Crippen LogP contribution is -2.81. The standard InChI is InChI=1S/C57H78N6O11/c1-11-53(69)29-34-30-56(49(67)72-10,44-36(20-25-61(31-34)33-53)35-17-13-14-18-39(35)59-44)38-27-37-40(28-43(38)71-9)60(8)46-55(37)22-26-62-24-16-21-54(12-2,45(55)62)47(65)57(46,70)48(66)58-23-15-19-42(64)41-32-73-52(6,7)63(41)50(68)74-51(3,4)5/h13-19,21,27-28,34,41-42,45-47,59,64-65,69-70H,11-12,20,22-26,29-33H2,1-10H3,(H,58,66)/b19-15+/t34?,41-,42+,45-,46+,47+,53-,54+,55?,56-,57-/m0/s1. The molecule has 1 aliphatic carbocycles. The summed E-state index contributed by atoms with van der Waals surface area (Å²) < 4.78 is 24.0. The number of hydrogen-bond acceptors (Lipinski definition) is 14. The van der Waals surface area contributed by atoms with Crippen LogP contribution in [0.4, 0.5) is 10.5 Å². The first-order valence-electron chi connectivity index (χ1n) is 26.7. The largest absolute Gasteiger partial charge is 0.496 e. The normalized spacial score (nSPS) is 35.5. The Morgan fingerprint density at radius 1 is 1.03 bits per heavy atom. The summed E-state index contributed by atoms with van der Waals surface area (Å²) in [6, 6.07) is 9.99. The van der Waals surface area contributed by atoms with Crippen molar-refractivity contribution in [3.63, 3.8) is 0 Å². The third-order valence-corrected chi connectivity index (χ3v) is 18.4. The van der Waals surface area contributed by atoms with Gasteiger partial charge in [0.25, 0.3) is 5.91 Å². The number of benzene rings is 2. The van der Waals surface area contributed by atoms with Crippen molar-refractivity contribution in [2.45, 2.75) is 151 Å². The van der Waals surface area contributed by atoms with Crippen molar-refractivity contribution in [3.8, 4) is 5.75 Å². The lowest BCUT2D eigenvalue weighted by molar-refractivity contribution is -0.203.